The summed E-state index contributed by atoms with van der Waals surface area (Å²) in [6.45, 7) is 0. The van der Waals surface area contributed by atoms with Crippen LogP contribution in [0, 0.1) is 29.4 Å². The second kappa shape index (κ2) is 5.03. The van der Waals surface area contributed by atoms with Gasteiger partial charge in [0.15, 0.2) is 0 Å². The first-order valence-electron chi connectivity index (χ1n) is 7.07. The number of benzene rings is 1. The monoisotopic (exact) mass is 264 g/mol. The van der Waals surface area contributed by atoms with Crippen LogP contribution in [0.1, 0.15) is 37.7 Å². The molecule has 3 atom stereocenters. The van der Waals surface area contributed by atoms with Crippen molar-refractivity contribution in [1.29, 1.82) is 0 Å². The molecule has 2 aliphatic rings. The highest BCUT2D eigenvalue weighted by molar-refractivity contribution is 5.81. The standard InChI is InChI=1S/C16H18F2O/c17-14-3-4-16(18)13(7-14)9-15(19)8-12-6-10-1-2-11(12)5-10/h3-4,7,10-12H,1-2,5-6,8-9H2. The average molecular weight is 264 g/mol. The van der Waals surface area contributed by atoms with Crippen LogP contribution in [0.3, 0.4) is 0 Å². The Hall–Kier alpha value is -1.25. The van der Waals surface area contributed by atoms with Crippen LogP contribution in [-0.4, -0.2) is 5.78 Å². The molecule has 2 saturated carbocycles. The molecule has 2 bridgehead atoms. The van der Waals surface area contributed by atoms with Crippen LogP contribution in [-0.2, 0) is 11.2 Å². The van der Waals surface area contributed by atoms with Gasteiger partial charge in [0.05, 0.1) is 0 Å². The molecule has 0 spiro atoms. The van der Waals surface area contributed by atoms with Crippen molar-refractivity contribution in [3.63, 3.8) is 0 Å². The SMILES string of the molecule is O=C(Cc1cc(F)ccc1F)CC1CC2CCC1C2. The van der Waals surface area contributed by atoms with Crippen LogP contribution in [0.2, 0.25) is 0 Å². The molecule has 0 aliphatic heterocycles. The van der Waals surface area contributed by atoms with Gasteiger partial charge in [-0.15, -0.1) is 0 Å². The lowest BCUT2D eigenvalue weighted by atomic mass is 9.84. The summed E-state index contributed by atoms with van der Waals surface area (Å²) in [4.78, 5) is 12.0. The fourth-order valence-electron chi connectivity index (χ4n) is 3.88. The van der Waals surface area contributed by atoms with Gasteiger partial charge in [0.1, 0.15) is 17.4 Å². The van der Waals surface area contributed by atoms with Crippen molar-refractivity contribution in [3.05, 3.63) is 35.4 Å². The van der Waals surface area contributed by atoms with E-state index in [1.807, 2.05) is 0 Å². The van der Waals surface area contributed by atoms with Gasteiger partial charge < -0.3 is 0 Å². The molecule has 0 N–H and O–H groups in total. The molecule has 3 heteroatoms. The van der Waals surface area contributed by atoms with Crippen LogP contribution in [0.25, 0.3) is 0 Å². The zero-order valence-electron chi connectivity index (χ0n) is 10.9. The highest BCUT2D eigenvalue weighted by Gasteiger charge is 2.39. The van der Waals surface area contributed by atoms with Crippen LogP contribution in [0.5, 0.6) is 0 Å². The molecule has 0 saturated heterocycles. The number of halogens is 2. The van der Waals surface area contributed by atoms with Gasteiger partial charge in [0.2, 0.25) is 0 Å². The topological polar surface area (TPSA) is 17.1 Å². The van der Waals surface area contributed by atoms with E-state index in [0.717, 1.165) is 30.5 Å². The van der Waals surface area contributed by atoms with Crippen LogP contribution >= 0.6 is 0 Å². The lowest BCUT2D eigenvalue weighted by Gasteiger charge is -2.20. The summed E-state index contributed by atoms with van der Waals surface area (Å²) in [6.07, 6.45) is 5.55. The molecular weight excluding hydrogens is 246 g/mol. The van der Waals surface area contributed by atoms with Crippen molar-refractivity contribution in [1.82, 2.24) is 0 Å². The number of carbonyl (C=O) groups excluding carboxylic acids is 1. The van der Waals surface area contributed by atoms with Crippen molar-refractivity contribution >= 4 is 5.78 Å². The third-order valence-electron chi connectivity index (χ3n) is 4.77. The predicted molar refractivity (Wildman–Crippen MR) is 68.6 cm³/mol. The summed E-state index contributed by atoms with van der Waals surface area (Å²) in [5.74, 6) is 1.08. The van der Waals surface area contributed by atoms with E-state index in [-0.39, 0.29) is 17.8 Å². The summed E-state index contributed by atoms with van der Waals surface area (Å²) >= 11 is 0. The second-order valence-corrected chi connectivity index (χ2v) is 6.09. The van der Waals surface area contributed by atoms with Gasteiger partial charge in [-0.1, -0.05) is 6.42 Å². The average Bonchev–Trinajstić information content (AvgIpc) is 2.96. The Morgan fingerprint density at radius 3 is 2.74 bits per heavy atom. The van der Waals surface area contributed by atoms with E-state index in [0.29, 0.717) is 18.3 Å². The number of rotatable bonds is 4. The van der Waals surface area contributed by atoms with Gasteiger partial charge in [0.25, 0.3) is 0 Å². The van der Waals surface area contributed by atoms with E-state index in [1.54, 1.807) is 0 Å². The first-order valence-corrected chi connectivity index (χ1v) is 7.07. The summed E-state index contributed by atoms with van der Waals surface area (Å²) < 4.78 is 26.5. The summed E-state index contributed by atoms with van der Waals surface area (Å²) in [5, 5.41) is 0. The van der Waals surface area contributed by atoms with Gasteiger partial charge in [-0.25, -0.2) is 8.78 Å². The Balaban J connectivity index is 1.61. The Labute approximate surface area is 112 Å². The fraction of sp³-hybridized carbons (Fsp3) is 0.562. The quantitative estimate of drug-likeness (QED) is 0.806. The van der Waals surface area contributed by atoms with Crippen LogP contribution in [0.4, 0.5) is 8.78 Å². The predicted octanol–water partition coefficient (Wildman–Crippen LogP) is 3.90. The molecule has 0 amide bonds. The Kier molecular flexibility index (Phi) is 3.38. The molecule has 2 fully saturated rings. The molecule has 1 aromatic carbocycles. The van der Waals surface area contributed by atoms with E-state index in [2.05, 4.69) is 0 Å². The molecule has 2 aliphatic carbocycles. The summed E-state index contributed by atoms with van der Waals surface area (Å²) in [6, 6.07) is 3.31. The minimum atomic E-state index is -0.484. The fourth-order valence-corrected chi connectivity index (χ4v) is 3.88. The number of hydrogen-bond donors (Lipinski definition) is 0. The van der Waals surface area contributed by atoms with Crippen molar-refractivity contribution in [3.8, 4) is 0 Å². The zero-order valence-corrected chi connectivity index (χ0v) is 10.9. The Morgan fingerprint density at radius 1 is 1.21 bits per heavy atom. The molecule has 1 nitrogen and oxygen atoms in total. The van der Waals surface area contributed by atoms with E-state index in [4.69, 9.17) is 0 Å². The number of carbonyl (C=O) groups is 1. The highest BCUT2D eigenvalue weighted by atomic mass is 19.1. The first-order chi connectivity index (χ1) is 9.11. The molecule has 0 radical (unpaired) electrons. The molecule has 19 heavy (non-hydrogen) atoms. The molecule has 102 valence electrons. The molecule has 1 aromatic rings. The summed E-state index contributed by atoms with van der Waals surface area (Å²) in [5.41, 5.74) is 0.188. The van der Waals surface area contributed by atoms with Crippen molar-refractivity contribution in [2.75, 3.05) is 0 Å². The lowest BCUT2D eigenvalue weighted by molar-refractivity contribution is -0.119. The van der Waals surface area contributed by atoms with Crippen molar-refractivity contribution < 1.29 is 13.6 Å². The minimum absolute atomic E-state index is 0.0253. The normalized spacial score (nSPS) is 28.8. The molecule has 3 unspecified atom stereocenters. The third-order valence-corrected chi connectivity index (χ3v) is 4.77. The van der Waals surface area contributed by atoms with E-state index >= 15 is 0 Å². The van der Waals surface area contributed by atoms with Crippen molar-refractivity contribution in [2.24, 2.45) is 17.8 Å². The third kappa shape index (κ3) is 2.70. The van der Waals surface area contributed by atoms with E-state index in [9.17, 15) is 13.6 Å². The molecule has 3 rings (SSSR count). The van der Waals surface area contributed by atoms with Gasteiger partial charge in [0, 0.05) is 12.8 Å². The highest BCUT2D eigenvalue weighted by Crippen LogP contribution is 2.49. The number of hydrogen-bond acceptors (Lipinski definition) is 1. The van der Waals surface area contributed by atoms with Gasteiger partial charge >= 0.3 is 0 Å². The maximum absolute atomic E-state index is 13.5. The number of Topliss-reactive ketones (excluding diaryl/α,β-unsaturated/α-hetero) is 1. The molecule has 0 aromatic heterocycles. The van der Waals surface area contributed by atoms with Gasteiger partial charge in [-0.3, -0.25) is 4.79 Å². The maximum atomic E-state index is 13.5. The van der Waals surface area contributed by atoms with Gasteiger partial charge in [-0.05, 0) is 60.8 Å². The Morgan fingerprint density at radius 2 is 2.05 bits per heavy atom. The van der Waals surface area contributed by atoms with Gasteiger partial charge in [-0.2, -0.15) is 0 Å². The summed E-state index contributed by atoms with van der Waals surface area (Å²) in [7, 11) is 0. The largest absolute Gasteiger partial charge is 0.299 e. The van der Waals surface area contributed by atoms with Crippen molar-refractivity contribution in [2.45, 2.75) is 38.5 Å². The number of fused-ring (bicyclic) bond motifs is 2. The van der Waals surface area contributed by atoms with Crippen LogP contribution < -0.4 is 0 Å². The minimum Gasteiger partial charge on any atom is -0.299 e. The second-order valence-electron chi connectivity index (χ2n) is 6.09. The zero-order chi connectivity index (χ0) is 13.4. The number of ketones is 1. The van der Waals surface area contributed by atoms with E-state index in [1.165, 1.54) is 19.3 Å². The molecule has 0 heterocycles. The van der Waals surface area contributed by atoms with E-state index < -0.39 is 11.6 Å². The smallest absolute Gasteiger partial charge is 0.137 e. The Bertz CT molecular complexity index is 498. The molecular formula is C16H18F2O. The van der Waals surface area contributed by atoms with Crippen LogP contribution in [0.15, 0.2) is 18.2 Å². The maximum Gasteiger partial charge on any atom is 0.137 e. The first kappa shape index (κ1) is 12.8. The lowest BCUT2D eigenvalue weighted by Crippen LogP contribution is -2.16.